The molecular weight excluding hydrogens is 214 g/mol. The van der Waals surface area contributed by atoms with Crippen molar-refractivity contribution in [3.05, 3.63) is 12.3 Å². The lowest BCUT2D eigenvalue weighted by molar-refractivity contribution is -0.301. The van der Waals surface area contributed by atoms with Gasteiger partial charge in [0.1, 0.15) is 0 Å². The van der Waals surface area contributed by atoms with Crippen LogP contribution in [-0.4, -0.2) is 24.2 Å². The van der Waals surface area contributed by atoms with Crippen molar-refractivity contribution >= 4 is 6.21 Å². The van der Waals surface area contributed by atoms with Gasteiger partial charge < -0.3 is 5.32 Å². The molecule has 80 valence electrons. The molecule has 0 unspecified atom stereocenters. The van der Waals surface area contributed by atoms with Gasteiger partial charge in [0, 0.05) is 12.4 Å². The molecule has 8 heteroatoms. The van der Waals surface area contributed by atoms with E-state index < -0.39 is 18.0 Å². The Morgan fingerprint density at radius 3 is 1.71 bits per heavy atom. The Balaban J connectivity index is 3.18. The monoisotopic (exact) mass is 218 g/mol. The topological polar surface area (TPSA) is 24.4 Å². The molecule has 0 radical (unpaired) electrons. The van der Waals surface area contributed by atoms with E-state index in [1.54, 1.807) is 0 Å². The Kier molecular flexibility index (Phi) is 2.24. The highest BCUT2D eigenvalue weighted by molar-refractivity contribution is 5.72. The van der Waals surface area contributed by atoms with Crippen LogP contribution in [0.4, 0.5) is 26.3 Å². The molecular formula is C6H4F6N2. The average molecular weight is 218 g/mol. The zero-order chi connectivity index (χ0) is 11.0. The first-order valence-corrected chi connectivity index (χ1v) is 3.32. The normalized spacial score (nSPS) is 20.7. The van der Waals surface area contributed by atoms with Gasteiger partial charge in [0.25, 0.3) is 0 Å². The maximum atomic E-state index is 12.2. The maximum absolute atomic E-state index is 12.2. The Morgan fingerprint density at radius 1 is 1.00 bits per heavy atom. The maximum Gasteiger partial charge on any atom is 0.441 e. The van der Waals surface area contributed by atoms with Gasteiger partial charge in [0.2, 0.25) is 0 Å². The standard InChI is InChI=1S/C6H4F6N2/c7-5(8,9)4(6(10,11)12)13-2-1-3-14-4/h1-3,13H. The van der Waals surface area contributed by atoms with E-state index in [-0.39, 0.29) is 0 Å². The summed E-state index contributed by atoms with van der Waals surface area (Å²) in [6, 6.07) is 0. The number of nitrogens with one attached hydrogen (secondary N) is 1. The highest BCUT2D eigenvalue weighted by Gasteiger charge is 2.71. The molecule has 0 saturated carbocycles. The smallest absolute Gasteiger partial charge is 0.352 e. The van der Waals surface area contributed by atoms with Crippen LogP contribution in [-0.2, 0) is 0 Å². The minimum Gasteiger partial charge on any atom is -0.352 e. The number of rotatable bonds is 0. The Bertz CT molecular complexity index is 259. The van der Waals surface area contributed by atoms with E-state index in [9.17, 15) is 26.3 Å². The quantitative estimate of drug-likeness (QED) is 0.618. The number of hydrogen-bond acceptors (Lipinski definition) is 2. The van der Waals surface area contributed by atoms with E-state index in [4.69, 9.17) is 0 Å². The summed E-state index contributed by atoms with van der Waals surface area (Å²) in [4.78, 5) is 2.43. The van der Waals surface area contributed by atoms with E-state index in [1.165, 1.54) is 5.32 Å². The molecule has 0 saturated heterocycles. The fourth-order valence-electron chi connectivity index (χ4n) is 0.875. The summed E-state index contributed by atoms with van der Waals surface area (Å²) in [7, 11) is 0. The number of halogens is 6. The van der Waals surface area contributed by atoms with E-state index >= 15 is 0 Å². The molecule has 0 aromatic heterocycles. The summed E-state index contributed by atoms with van der Waals surface area (Å²) >= 11 is 0. The summed E-state index contributed by atoms with van der Waals surface area (Å²) in [5.74, 6) is 0. The van der Waals surface area contributed by atoms with Gasteiger partial charge in [0.05, 0.1) is 0 Å². The summed E-state index contributed by atoms with van der Waals surface area (Å²) in [6.45, 7) is 0. The van der Waals surface area contributed by atoms with Gasteiger partial charge in [-0.2, -0.15) is 26.3 Å². The molecule has 1 aliphatic rings. The second-order valence-corrected chi connectivity index (χ2v) is 2.49. The third-order valence-electron chi connectivity index (χ3n) is 1.56. The van der Waals surface area contributed by atoms with E-state index in [2.05, 4.69) is 4.99 Å². The van der Waals surface area contributed by atoms with Gasteiger partial charge in [-0.1, -0.05) is 0 Å². The molecule has 0 atom stereocenters. The van der Waals surface area contributed by atoms with Crippen LogP contribution in [0.5, 0.6) is 0 Å². The third kappa shape index (κ3) is 1.44. The number of hydrogen-bond donors (Lipinski definition) is 1. The van der Waals surface area contributed by atoms with Crippen LogP contribution in [0.2, 0.25) is 0 Å². The van der Waals surface area contributed by atoms with Crippen molar-refractivity contribution in [1.82, 2.24) is 5.32 Å². The number of alkyl halides is 6. The predicted molar refractivity (Wildman–Crippen MR) is 35.6 cm³/mol. The first-order valence-electron chi connectivity index (χ1n) is 3.32. The first kappa shape index (κ1) is 10.9. The average Bonchev–Trinajstić information content (AvgIpc) is 2.02. The van der Waals surface area contributed by atoms with Gasteiger partial charge in [-0.15, -0.1) is 0 Å². The third-order valence-corrected chi connectivity index (χ3v) is 1.56. The van der Waals surface area contributed by atoms with E-state index in [1.807, 2.05) is 0 Å². The minimum atomic E-state index is -5.54. The Labute approximate surface area is 74.3 Å². The van der Waals surface area contributed by atoms with Crippen LogP contribution in [0.25, 0.3) is 0 Å². The van der Waals surface area contributed by atoms with Crippen molar-refractivity contribution in [3.8, 4) is 0 Å². The van der Waals surface area contributed by atoms with Gasteiger partial charge in [0.15, 0.2) is 0 Å². The largest absolute Gasteiger partial charge is 0.441 e. The number of allylic oxidation sites excluding steroid dienone is 1. The molecule has 1 heterocycles. The summed E-state index contributed by atoms with van der Waals surface area (Å²) in [6.07, 6.45) is -9.12. The van der Waals surface area contributed by atoms with Gasteiger partial charge in [-0.3, -0.25) is 0 Å². The van der Waals surface area contributed by atoms with Crippen LogP contribution < -0.4 is 5.32 Å². The zero-order valence-electron chi connectivity index (χ0n) is 6.45. The van der Waals surface area contributed by atoms with E-state index in [0.29, 0.717) is 12.4 Å². The molecule has 1 rings (SSSR count). The van der Waals surface area contributed by atoms with Crippen molar-refractivity contribution in [1.29, 1.82) is 0 Å². The summed E-state index contributed by atoms with van der Waals surface area (Å²) in [5.41, 5.74) is -4.21. The summed E-state index contributed by atoms with van der Waals surface area (Å²) < 4.78 is 73.0. The van der Waals surface area contributed by atoms with Crippen LogP contribution in [0.3, 0.4) is 0 Å². The molecule has 0 amide bonds. The molecule has 0 spiro atoms. The lowest BCUT2D eigenvalue weighted by Gasteiger charge is -2.34. The molecule has 1 N–H and O–H groups in total. The fraction of sp³-hybridized carbons (Fsp3) is 0.500. The molecule has 0 fully saturated rings. The van der Waals surface area contributed by atoms with Crippen LogP contribution in [0, 0.1) is 0 Å². The molecule has 14 heavy (non-hydrogen) atoms. The highest BCUT2D eigenvalue weighted by Crippen LogP contribution is 2.44. The first-order chi connectivity index (χ1) is 6.21. The Morgan fingerprint density at radius 2 is 1.50 bits per heavy atom. The highest BCUT2D eigenvalue weighted by atomic mass is 19.4. The minimum absolute atomic E-state index is 0.456. The lowest BCUT2D eigenvalue weighted by Crippen LogP contribution is -2.64. The van der Waals surface area contributed by atoms with Crippen molar-refractivity contribution < 1.29 is 26.3 Å². The number of aliphatic imine (C=N–C) groups is 1. The fourth-order valence-corrected chi connectivity index (χ4v) is 0.875. The van der Waals surface area contributed by atoms with Crippen LogP contribution in [0.15, 0.2) is 17.3 Å². The predicted octanol–water partition coefficient (Wildman–Crippen LogP) is 1.99. The second kappa shape index (κ2) is 2.89. The van der Waals surface area contributed by atoms with Crippen molar-refractivity contribution in [2.45, 2.75) is 18.0 Å². The molecule has 1 aliphatic heterocycles. The molecule has 0 aromatic carbocycles. The zero-order valence-corrected chi connectivity index (χ0v) is 6.45. The van der Waals surface area contributed by atoms with E-state index in [0.717, 1.165) is 6.08 Å². The van der Waals surface area contributed by atoms with Gasteiger partial charge in [-0.25, -0.2) is 4.99 Å². The molecule has 2 nitrogen and oxygen atoms in total. The summed E-state index contributed by atoms with van der Waals surface area (Å²) in [5, 5.41) is 1.18. The van der Waals surface area contributed by atoms with Gasteiger partial charge in [-0.05, 0) is 6.08 Å². The SMILES string of the molecule is FC(F)(F)C1(C(F)(F)F)N=CC=CN1. The number of nitrogens with zero attached hydrogens (tertiary/aromatic N) is 1. The molecule has 0 aromatic rings. The Hall–Kier alpha value is -1.21. The van der Waals surface area contributed by atoms with Crippen molar-refractivity contribution in [2.24, 2.45) is 4.99 Å². The molecule has 0 bridgehead atoms. The second-order valence-electron chi connectivity index (χ2n) is 2.49. The van der Waals surface area contributed by atoms with Gasteiger partial charge >= 0.3 is 18.0 Å². The van der Waals surface area contributed by atoms with Crippen LogP contribution in [0.1, 0.15) is 0 Å². The van der Waals surface area contributed by atoms with Crippen molar-refractivity contribution in [3.63, 3.8) is 0 Å². The van der Waals surface area contributed by atoms with Crippen molar-refractivity contribution in [2.75, 3.05) is 0 Å². The lowest BCUT2D eigenvalue weighted by atomic mass is 10.1. The van der Waals surface area contributed by atoms with Crippen LogP contribution >= 0.6 is 0 Å². The molecule has 0 aliphatic carbocycles.